The van der Waals surface area contributed by atoms with Crippen LogP contribution >= 0.6 is 11.8 Å². The minimum Gasteiger partial charge on any atom is -0.0894 e. The maximum absolute atomic E-state index is 2.37. The molecular weight excluding hydrogens is 284 g/mol. The molecule has 1 aromatic rings. The zero-order chi connectivity index (χ0) is 15.7. The van der Waals surface area contributed by atoms with Crippen LogP contribution in [0.3, 0.4) is 0 Å². The third kappa shape index (κ3) is 2.91. The lowest BCUT2D eigenvalue weighted by atomic mass is 10.0. The van der Waals surface area contributed by atoms with Crippen molar-refractivity contribution in [3.8, 4) is 11.1 Å². The van der Waals surface area contributed by atoms with Gasteiger partial charge in [0.15, 0.2) is 0 Å². The van der Waals surface area contributed by atoms with Crippen molar-refractivity contribution >= 4 is 11.8 Å². The summed E-state index contributed by atoms with van der Waals surface area (Å²) < 4.78 is 0. The van der Waals surface area contributed by atoms with Gasteiger partial charge in [-0.1, -0.05) is 62.0 Å². The molecule has 112 valence electrons. The van der Waals surface area contributed by atoms with Crippen molar-refractivity contribution in [1.29, 1.82) is 0 Å². The number of rotatable bonds is 3. The van der Waals surface area contributed by atoms with E-state index < -0.39 is 0 Å². The first-order valence-corrected chi connectivity index (χ1v) is 8.64. The summed E-state index contributed by atoms with van der Waals surface area (Å²) in [6.07, 6.45) is 0. The van der Waals surface area contributed by atoms with Gasteiger partial charge < -0.3 is 0 Å². The fourth-order valence-corrected chi connectivity index (χ4v) is 4.00. The van der Waals surface area contributed by atoms with E-state index in [1.807, 2.05) is 11.8 Å². The van der Waals surface area contributed by atoms with Crippen molar-refractivity contribution in [3.05, 3.63) is 71.3 Å². The highest BCUT2D eigenvalue weighted by Crippen LogP contribution is 2.43. The number of benzene rings is 1. The third-order valence-electron chi connectivity index (χ3n) is 4.16. The number of hydrogen-bond acceptors (Lipinski definition) is 1. The topological polar surface area (TPSA) is 0 Å². The van der Waals surface area contributed by atoms with Crippen LogP contribution < -0.4 is 0 Å². The molecule has 2 aliphatic rings. The largest absolute Gasteiger partial charge is 0.0894 e. The highest BCUT2D eigenvalue weighted by Gasteiger charge is 2.17. The lowest BCUT2D eigenvalue weighted by molar-refractivity contribution is 0.868. The normalized spacial score (nSPS) is 11.3. The first kappa shape index (κ1) is 15.2. The third-order valence-corrected chi connectivity index (χ3v) is 5.21. The Morgan fingerprint density at radius 2 is 1.55 bits per heavy atom. The lowest BCUT2D eigenvalue weighted by Crippen LogP contribution is -1.84. The molecular formula is C21H22S. The Balaban J connectivity index is 2.12. The van der Waals surface area contributed by atoms with Crippen LogP contribution in [0.15, 0.2) is 64.4 Å². The van der Waals surface area contributed by atoms with Gasteiger partial charge in [0.1, 0.15) is 0 Å². The molecule has 0 N–H and O–H groups in total. The van der Waals surface area contributed by atoms with Gasteiger partial charge in [0.2, 0.25) is 0 Å². The van der Waals surface area contributed by atoms with Crippen LogP contribution in [0, 0.1) is 13.8 Å². The highest BCUT2D eigenvalue weighted by atomic mass is 32.2. The lowest BCUT2D eigenvalue weighted by Gasteiger charge is -2.06. The van der Waals surface area contributed by atoms with Crippen LogP contribution in [0.5, 0.6) is 0 Å². The molecule has 2 aliphatic carbocycles. The van der Waals surface area contributed by atoms with E-state index in [0.717, 1.165) is 0 Å². The van der Waals surface area contributed by atoms with Crippen molar-refractivity contribution in [3.63, 3.8) is 0 Å². The van der Waals surface area contributed by atoms with Crippen LogP contribution in [0.25, 0.3) is 11.1 Å². The Kier molecular flexibility index (Phi) is 4.26. The first-order valence-electron chi connectivity index (χ1n) is 7.83. The number of aryl methyl sites for hydroxylation is 2. The summed E-state index contributed by atoms with van der Waals surface area (Å²) in [5.41, 5.74) is 6.93. The molecule has 0 atom stereocenters. The van der Waals surface area contributed by atoms with E-state index in [1.54, 1.807) is 0 Å². The Morgan fingerprint density at radius 3 is 2.23 bits per heavy atom. The minimum absolute atomic E-state index is 0.550. The fourth-order valence-electron chi connectivity index (χ4n) is 2.84. The summed E-state index contributed by atoms with van der Waals surface area (Å²) in [7, 11) is 0. The smallest absolute Gasteiger partial charge is 0.0206 e. The maximum atomic E-state index is 2.37. The molecule has 0 heterocycles. The quantitative estimate of drug-likeness (QED) is 0.520. The van der Waals surface area contributed by atoms with E-state index in [2.05, 4.69) is 82.3 Å². The molecule has 0 bridgehead atoms. The van der Waals surface area contributed by atoms with Crippen molar-refractivity contribution in [2.45, 2.75) is 43.4 Å². The number of fused-ring (bicyclic) bond motifs is 1. The van der Waals surface area contributed by atoms with E-state index in [9.17, 15) is 0 Å². The van der Waals surface area contributed by atoms with E-state index in [-0.39, 0.29) is 0 Å². The molecule has 0 spiro atoms. The zero-order valence-electron chi connectivity index (χ0n) is 13.7. The average molecular weight is 306 g/mol. The molecule has 0 amide bonds. The van der Waals surface area contributed by atoms with Gasteiger partial charge in [-0.15, -0.1) is 0 Å². The van der Waals surface area contributed by atoms with Crippen LogP contribution in [0.2, 0.25) is 0 Å². The second-order valence-corrected chi connectivity index (χ2v) is 7.33. The maximum Gasteiger partial charge on any atom is 0.0206 e. The highest BCUT2D eigenvalue weighted by molar-refractivity contribution is 7.99. The molecule has 0 fully saturated rings. The predicted molar refractivity (Wildman–Crippen MR) is 97.2 cm³/mol. The van der Waals surface area contributed by atoms with Gasteiger partial charge in [-0.2, -0.15) is 0 Å². The van der Waals surface area contributed by atoms with Gasteiger partial charge in [-0.3, -0.25) is 0 Å². The van der Waals surface area contributed by atoms with E-state index in [1.165, 1.54) is 37.6 Å². The summed E-state index contributed by atoms with van der Waals surface area (Å²) in [4.78, 5) is 2.66. The summed E-state index contributed by atoms with van der Waals surface area (Å²) >= 11 is 1.86. The standard InChI is InChI=1S/C21H22S/c1-14(2)17-11-10-15(3)21-19(13-17)16(4)12-20(21)22-18-8-6-5-7-9-18/h5-14H,1-4H3. The number of hydrogen-bond donors (Lipinski definition) is 0. The average Bonchev–Trinajstić information content (AvgIpc) is 2.67. The molecule has 0 saturated carbocycles. The van der Waals surface area contributed by atoms with Crippen LogP contribution in [0.4, 0.5) is 0 Å². The van der Waals surface area contributed by atoms with E-state index >= 15 is 0 Å². The van der Waals surface area contributed by atoms with Gasteiger partial charge in [0, 0.05) is 9.79 Å². The fraction of sp³-hybridized carbons (Fsp3) is 0.238. The van der Waals surface area contributed by atoms with Crippen molar-refractivity contribution < 1.29 is 0 Å². The van der Waals surface area contributed by atoms with Gasteiger partial charge in [0.25, 0.3) is 0 Å². The summed E-state index contributed by atoms with van der Waals surface area (Å²) in [6, 6.07) is 19.9. The van der Waals surface area contributed by atoms with Gasteiger partial charge >= 0.3 is 0 Å². The van der Waals surface area contributed by atoms with Crippen LogP contribution in [-0.2, 0) is 0 Å². The zero-order valence-corrected chi connectivity index (χ0v) is 14.5. The monoisotopic (exact) mass is 306 g/mol. The molecule has 1 heteroatoms. The van der Waals surface area contributed by atoms with Crippen molar-refractivity contribution in [2.24, 2.45) is 0 Å². The second kappa shape index (κ2) is 6.18. The Morgan fingerprint density at radius 1 is 0.818 bits per heavy atom. The summed E-state index contributed by atoms with van der Waals surface area (Å²) in [6.45, 7) is 8.96. The summed E-state index contributed by atoms with van der Waals surface area (Å²) in [5.74, 6) is 0.550. The molecule has 0 saturated heterocycles. The van der Waals surface area contributed by atoms with Crippen molar-refractivity contribution in [2.75, 3.05) is 0 Å². The molecule has 0 aliphatic heterocycles. The molecule has 1 aromatic carbocycles. The molecule has 0 radical (unpaired) electrons. The Labute approximate surface area is 137 Å². The van der Waals surface area contributed by atoms with Crippen LogP contribution in [0.1, 0.15) is 36.5 Å². The van der Waals surface area contributed by atoms with Gasteiger partial charge in [-0.05, 0) is 65.8 Å². The first-order chi connectivity index (χ1) is 10.6. The molecule has 3 rings (SSSR count). The van der Waals surface area contributed by atoms with E-state index in [4.69, 9.17) is 0 Å². The van der Waals surface area contributed by atoms with Gasteiger partial charge in [0.05, 0.1) is 0 Å². The van der Waals surface area contributed by atoms with Crippen LogP contribution in [-0.4, -0.2) is 0 Å². The minimum atomic E-state index is 0.550. The molecule has 22 heavy (non-hydrogen) atoms. The van der Waals surface area contributed by atoms with Gasteiger partial charge in [-0.25, -0.2) is 0 Å². The Hall–Kier alpha value is -1.73. The molecule has 0 aromatic heterocycles. The van der Waals surface area contributed by atoms with E-state index in [0.29, 0.717) is 5.92 Å². The second-order valence-electron chi connectivity index (χ2n) is 6.21. The molecule has 0 unspecified atom stereocenters. The molecule has 0 nitrogen and oxygen atoms in total. The van der Waals surface area contributed by atoms with Crippen molar-refractivity contribution in [1.82, 2.24) is 0 Å². The predicted octanol–water partition coefficient (Wildman–Crippen LogP) is 6.68. The SMILES string of the molecule is Cc1cc(Sc2ccccc2)c2c(C)ccc(C(C)C)cc1-2. The Bertz CT molecular complexity index is 757. The summed E-state index contributed by atoms with van der Waals surface area (Å²) in [5, 5.41) is 0.